The van der Waals surface area contributed by atoms with Crippen LogP contribution in [0.3, 0.4) is 0 Å². The summed E-state index contributed by atoms with van der Waals surface area (Å²) in [5.41, 5.74) is 1.67. The normalized spacial score (nSPS) is 14.4. The van der Waals surface area contributed by atoms with E-state index in [1.807, 2.05) is 0 Å². The van der Waals surface area contributed by atoms with Crippen LogP contribution >= 0.6 is 0 Å². The molecule has 0 saturated heterocycles. The first-order valence-corrected chi connectivity index (χ1v) is 10.1. The lowest BCUT2D eigenvalue weighted by atomic mass is 10.0. The average Bonchev–Trinajstić information content (AvgIpc) is 3.38. The number of nitrogens with zero attached hydrogens (tertiary/aromatic N) is 4. The number of aromatic nitrogens is 4. The Labute approximate surface area is 168 Å². The minimum absolute atomic E-state index is 0.115. The molecule has 7 nitrogen and oxygen atoms in total. The van der Waals surface area contributed by atoms with Crippen LogP contribution < -0.4 is 10.6 Å². The Bertz CT molecular complexity index is 965. The minimum atomic E-state index is -0.255. The molecule has 152 valence electrons. The molecule has 1 aromatic carbocycles. The lowest BCUT2D eigenvalue weighted by molar-refractivity contribution is -0.122. The highest BCUT2D eigenvalue weighted by atomic mass is 19.1. The first-order valence-electron chi connectivity index (χ1n) is 10.1. The van der Waals surface area contributed by atoms with Gasteiger partial charge in [0.15, 0.2) is 5.65 Å². The van der Waals surface area contributed by atoms with Crippen molar-refractivity contribution >= 4 is 22.8 Å². The van der Waals surface area contributed by atoms with Crippen LogP contribution in [0.2, 0.25) is 0 Å². The van der Waals surface area contributed by atoms with Crippen molar-refractivity contribution in [3.63, 3.8) is 0 Å². The number of carbonyl (C=O) groups excluding carboxylic acids is 1. The van der Waals surface area contributed by atoms with E-state index in [1.54, 1.807) is 23.0 Å². The number of rotatable bonds is 8. The maximum Gasteiger partial charge on any atom is 0.220 e. The van der Waals surface area contributed by atoms with Gasteiger partial charge in [-0.2, -0.15) is 5.10 Å². The smallest absolute Gasteiger partial charge is 0.220 e. The average molecular weight is 396 g/mol. The predicted molar refractivity (Wildman–Crippen MR) is 109 cm³/mol. The van der Waals surface area contributed by atoms with Crippen LogP contribution in [0.1, 0.15) is 37.7 Å². The number of fused-ring (bicyclic) bond motifs is 1. The predicted octanol–water partition coefficient (Wildman–Crippen LogP) is 3.27. The van der Waals surface area contributed by atoms with Gasteiger partial charge in [-0.3, -0.25) is 4.79 Å². The first-order chi connectivity index (χ1) is 14.2. The van der Waals surface area contributed by atoms with E-state index in [2.05, 4.69) is 25.7 Å². The number of halogens is 1. The summed E-state index contributed by atoms with van der Waals surface area (Å²) in [7, 11) is 0. The molecular weight excluding hydrogens is 371 g/mol. The topological polar surface area (TPSA) is 84.7 Å². The molecule has 1 saturated carbocycles. The van der Waals surface area contributed by atoms with Gasteiger partial charge in [-0.25, -0.2) is 19.0 Å². The maximum absolute atomic E-state index is 13.0. The third-order valence-electron chi connectivity index (χ3n) is 5.40. The number of carbonyl (C=O) groups is 1. The largest absolute Gasteiger partial charge is 0.365 e. The monoisotopic (exact) mass is 396 g/mol. The molecule has 0 aliphatic heterocycles. The molecule has 8 heteroatoms. The van der Waals surface area contributed by atoms with Gasteiger partial charge in [0.1, 0.15) is 18.0 Å². The Morgan fingerprint density at radius 2 is 1.97 bits per heavy atom. The third-order valence-corrected chi connectivity index (χ3v) is 5.40. The minimum Gasteiger partial charge on any atom is -0.365 e. The lowest BCUT2D eigenvalue weighted by Crippen LogP contribution is -2.28. The zero-order chi connectivity index (χ0) is 20.1. The van der Waals surface area contributed by atoms with Crippen LogP contribution in [0.4, 0.5) is 10.2 Å². The lowest BCUT2D eigenvalue weighted by Gasteiger charge is -2.10. The Balaban J connectivity index is 1.34. The number of benzene rings is 1. The number of amides is 1. The molecule has 0 bridgehead atoms. The van der Waals surface area contributed by atoms with Gasteiger partial charge in [0.2, 0.25) is 5.91 Å². The van der Waals surface area contributed by atoms with E-state index in [-0.39, 0.29) is 11.7 Å². The summed E-state index contributed by atoms with van der Waals surface area (Å²) in [6, 6.07) is 6.34. The fraction of sp³-hybridized carbons (Fsp3) is 0.429. The van der Waals surface area contributed by atoms with Gasteiger partial charge in [-0.1, -0.05) is 25.0 Å². The van der Waals surface area contributed by atoms with Crippen LogP contribution in [-0.2, 0) is 17.9 Å². The molecule has 0 unspecified atom stereocenters. The fourth-order valence-electron chi connectivity index (χ4n) is 3.84. The van der Waals surface area contributed by atoms with E-state index >= 15 is 0 Å². The number of anilines is 1. The van der Waals surface area contributed by atoms with Crippen LogP contribution in [0, 0.1) is 11.7 Å². The maximum atomic E-state index is 13.0. The van der Waals surface area contributed by atoms with Gasteiger partial charge in [-0.15, -0.1) is 0 Å². The van der Waals surface area contributed by atoms with Crippen molar-refractivity contribution in [1.82, 2.24) is 25.1 Å². The van der Waals surface area contributed by atoms with Gasteiger partial charge in [0, 0.05) is 19.5 Å². The van der Waals surface area contributed by atoms with Crippen molar-refractivity contribution in [3.05, 3.63) is 48.2 Å². The molecule has 1 fully saturated rings. The summed E-state index contributed by atoms with van der Waals surface area (Å²) < 4.78 is 14.8. The van der Waals surface area contributed by atoms with E-state index in [9.17, 15) is 9.18 Å². The molecule has 2 aromatic heterocycles. The van der Waals surface area contributed by atoms with Crippen LogP contribution in [0.15, 0.2) is 36.8 Å². The van der Waals surface area contributed by atoms with Crippen LogP contribution in [-0.4, -0.2) is 32.2 Å². The van der Waals surface area contributed by atoms with E-state index in [0.717, 1.165) is 10.9 Å². The van der Waals surface area contributed by atoms with E-state index in [4.69, 9.17) is 0 Å². The van der Waals surface area contributed by atoms with Crippen LogP contribution in [0.5, 0.6) is 0 Å². The van der Waals surface area contributed by atoms with E-state index in [1.165, 1.54) is 44.1 Å². The zero-order valence-electron chi connectivity index (χ0n) is 16.3. The summed E-state index contributed by atoms with van der Waals surface area (Å²) in [6.07, 6.45) is 8.67. The Kier molecular flexibility index (Phi) is 5.97. The highest BCUT2D eigenvalue weighted by molar-refractivity contribution is 5.86. The number of hydrogen-bond acceptors (Lipinski definition) is 5. The van der Waals surface area contributed by atoms with E-state index < -0.39 is 0 Å². The molecule has 1 aliphatic rings. The standard InChI is InChI=1S/C21H25FN6O/c22-17-7-5-16(6-8-17)12-24-20-18-13-27-28(21(18)26-14-25-20)10-9-23-19(29)11-15-3-1-2-4-15/h5-8,13-15H,1-4,9-12H2,(H,23,29)(H,24,25,26). The van der Waals surface area contributed by atoms with Gasteiger partial charge in [-0.05, 0) is 36.5 Å². The van der Waals surface area contributed by atoms with Crippen molar-refractivity contribution < 1.29 is 9.18 Å². The molecule has 2 N–H and O–H groups in total. The number of hydrogen-bond donors (Lipinski definition) is 2. The molecule has 0 radical (unpaired) electrons. The summed E-state index contributed by atoms with van der Waals surface area (Å²) >= 11 is 0. The molecular formula is C21H25FN6O. The Hall–Kier alpha value is -3.03. The SMILES string of the molecule is O=C(CC1CCCC1)NCCn1ncc2c(NCc3ccc(F)cc3)ncnc21. The highest BCUT2D eigenvalue weighted by Gasteiger charge is 2.18. The second-order valence-corrected chi connectivity index (χ2v) is 7.51. The molecule has 4 rings (SSSR count). The van der Waals surface area contributed by atoms with Gasteiger partial charge < -0.3 is 10.6 Å². The van der Waals surface area contributed by atoms with Gasteiger partial charge in [0.25, 0.3) is 0 Å². The quantitative estimate of drug-likeness (QED) is 0.610. The van der Waals surface area contributed by atoms with Crippen LogP contribution in [0.25, 0.3) is 11.0 Å². The molecule has 29 heavy (non-hydrogen) atoms. The second kappa shape index (κ2) is 8.98. The Morgan fingerprint density at radius 3 is 2.76 bits per heavy atom. The Morgan fingerprint density at radius 1 is 1.17 bits per heavy atom. The molecule has 2 heterocycles. The summed E-state index contributed by atoms with van der Waals surface area (Å²) in [6.45, 7) is 1.59. The summed E-state index contributed by atoms with van der Waals surface area (Å²) in [5.74, 6) is 1.08. The van der Waals surface area contributed by atoms with Crippen molar-refractivity contribution in [2.45, 2.75) is 45.2 Å². The molecule has 3 aromatic rings. The molecule has 0 spiro atoms. The second-order valence-electron chi connectivity index (χ2n) is 7.51. The summed E-state index contributed by atoms with van der Waals surface area (Å²) in [5, 5.41) is 11.5. The third kappa shape index (κ3) is 4.88. The van der Waals surface area contributed by atoms with Crippen molar-refractivity contribution in [2.75, 3.05) is 11.9 Å². The zero-order valence-corrected chi connectivity index (χ0v) is 16.3. The van der Waals surface area contributed by atoms with Gasteiger partial charge >= 0.3 is 0 Å². The van der Waals surface area contributed by atoms with Gasteiger partial charge in [0.05, 0.1) is 18.1 Å². The molecule has 0 atom stereocenters. The van der Waals surface area contributed by atoms with Crippen molar-refractivity contribution in [1.29, 1.82) is 0 Å². The van der Waals surface area contributed by atoms with Crippen molar-refractivity contribution in [3.8, 4) is 0 Å². The molecule has 1 aliphatic carbocycles. The van der Waals surface area contributed by atoms with E-state index in [0.29, 0.717) is 43.4 Å². The number of nitrogens with one attached hydrogen (secondary N) is 2. The van der Waals surface area contributed by atoms with Crippen molar-refractivity contribution in [2.24, 2.45) is 5.92 Å². The fourth-order valence-corrected chi connectivity index (χ4v) is 3.84. The first kappa shape index (κ1) is 19.3. The highest BCUT2D eigenvalue weighted by Crippen LogP contribution is 2.27. The summed E-state index contributed by atoms with van der Waals surface area (Å²) in [4.78, 5) is 20.7. The molecule has 1 amide bonds.